The molecule has 1 amide bonds. The molecule has 154 valence electrons. The standard InChI is InChI=1S/C20H24N4O4S/c1-22-9-5-8-15(22)18-21-19(26)17(25)16-20(27)23(10-11-24(16)18)12-13-29(28)14-6-3-2-4-7-14/h2-4,6-7,15,25H,5,8-13H2,1H3. The van der Waals surface area contributed by atoms with E-state index in [0.717, 1.165) is 19.4 Å². The molecule has 2 aliphatic rings. The van der Waals surface area contributed by atoms with Crippen molar-refractivity contribution >= 4 is 17.1 Å². The van der Waals surface area contributed by atoms with E-state index < -0.39 is 28.4 Å². The zero-order valence-corrected chi connectivity index (χ0v) is 17.1. The lowest BCUT2D eigenvalue weighted by atomic mass is 10.1. The minimum Gasteiger partial charge on any atom is -0.611 e. The number of aromatic nitrogens is 2. The molecule has 2 atom stereocenters. The van der Waals surface area contributed by atoms with E-state index in [4.69, 9.17) is 0 Å². The monoisotopic (exact) mass is 416 g/mol. The molecule has 0 radical (unpaired) electrons. The highest BCUT2D eigenvalue weighted by atomic mass is 32.2. The molecular weight excluding hydrogens is 392 g/mol. The van der Waals surface area contributed by atoms with Crippen LogP contribution in [0.4, 0.5) is 0 Å². The minimum atomic E-state index is -1.22. The Morgan fingerprint density at radius 2 is 1.97 bits per heavy atom. The quantitative estimate of drug-likeness (QED) is 0.729. The minimum absolute atomic E-state index is 0.00274. The van der Waals surface area contributed by atoms with Crippen molar-refractivity contribution in [1.82, 2.24) is 19.4 Å². The van der Waals surface area contributed by atoms with Crippen LogP contribution in [-0.4, -0.2) is 67.4 Å². The van der Waals surface area contributed by atoms with Crippen LogP contribution in [-0.2, 0) is 17.7 Å². The van der Waals surface area contributed by atoms with Gasteiger partial charge in [-0.2, -0.15) is 4.98 Å². The molecule has 0 bridgehead atoms. The van der Waals surface area contributed by atoms with E-state index in [-0.39, 0.29) is 18.3 Å². The number of carbonyl (C=O) groups excluding carboxylic acids is 1. The molecule has 2 aromatic rings. The van der Waals surface area contributed by atoms with Gasteiger partial charge in [0.1, 0.15) is 11.6 Å². The van der Waals surface area contributed by atoms with Gasteiger partial charge in [0, 0.05) is 13.1 Å². The summed E-state index contributed by atoms with van der Waals surface area (Å²) in [5, 5.41) is 10.3. The van der Waals surface area contributed by atoms with E-state index in [1.54, 1.807) is 21.6 Å². The number of hydrogen-bond acceptors (Lipinski definition) is 6. The Balaban J connectivity index is 1.57. The Hall–Kier alpha value is -2.36. The summed E-state index contributed by atoms with van der Waals surface area (Å²) in [4.78, 5) is 33.8. The lowest BCUT2D eigenvalue weighted by molar-refractivity contribution is 0.0701. The van der Waals surface area contributed by atoms with Crippen molar-refractivity contribution in [3.63, 3.8) is 0 Å². The first-order chi connectivity index (χ1) is 14.0. The summed E-state index contributed by atoms with van der Waals surface area (Å²) >= 11 is -1.22. The molecule has 1 aromatic carbocycles. The first-order valence-electron chi connectivity index (χ1n) is 9.74. The topological polar surface area (TPSA) is 102 Å². The molecule has 0 aliphatic carbocycles. The maximum absolute atomic E-state index is 13.1. The van der Waals surface area contributed by atoms with Gasteiger partial charge in [0.05, 0.1) is 12.6 Å². The summed E-state index contributed by atoms with van der Waals surface area (Å²) < 4.78 is 14.2. The summed E-state index contributed by atoms with van der Waals surface area (Å²) in [6.07, 6.45) is 1.86. The van der Waals surface area contributed by atoms with Crippen LogP contribution in [0.3, 0.4) is 0 Å². The normalized spacial score (nSPS) is 20.7. The van der Waals surface area contributed by atoms with Crippen LogP contribution in [0, 0.1) is 0 Å². The van der Waals surface area contributed by atoms with Crippen LogP contribution < -0.4 is 5.56 Å². The number of hydrogen-bond donors (Lipinski definition) is 1. The number of amides is 1. The SMILES string of the molecule is CN1CCCC1c1nc(=O)c(O)c2n1CCN(CC[S+]([O-])c1ccccc1)C2=O. The average Bonchev–Trinajstić information content (AvgIpc) is 3.16. The summed E-state index contributed by atoms with van der Waals surface area (Å²) in [5.74, 6) is -0.179. The smallest absolute Gasteiger partial charge is 0.315 e. The fourth-order valence-electron chi connectivity index (χ4n) is 4.06. The van der Waals surface area contributed by atoms with Crippen LogP contribution in [0.2, 0.25) is 0 Å². The predicted octanol–water partition coefficient (Wildman–Crippen LogP) is 0.979. The van der Waals surface area contributed by atoms with Gasteiger partial charge in [0.2, 0.25) is 5.75 Å². The number of aromatic hydroxyl groups is 1. The summed E-state index contributed by atoms with van der Waals surface area (Å²) in [7, 11) is 1.97. The highest BCUT2D eigenvalue weighted by molar-refractivity contribution is 7.91. The van der Waals surface area contributed by atoms with Gasteiger partial charge in [-0.15, -0.1) is 0 Å². The Kier molecular flexibility index (Phi) is 5.62. The van der Waals surface area contributed by atoms with E-state index in [0.29, 0.717) is 29.6 Å². The first-order valence-corrected chi connectivity index (χ1v) is 11.1. The number of rotatable bonds is 5. The molecule has 0 spiro atoms. The number of fused-ring (bicyclic) bond motifs is 1. The Bertz CT molecular complexity index is 965. The van der Waals surface area contributed by atoms with Crippen LogP contribution in [0.1, 0.15) is 35.2 Å². The van der Waals surface area contributed by atoms with E-state index in [2.05, 4.69) is 9.88 Å². The van der Waals surface area contributed by atoms with Crippen molar-refractivity contribution in [2.24, 2.45) is 0 Å². The van der Waals surface area contributed by atoms with Crippen molar-refractivity contribution in [3.05, 3.63) is 52.2 Å². The second kappa shape index (κ2) is 8.17. The van der Waals surface area contributed by atoms with Crippen LogP contribution in [0.15, 0.2) is 40.0 Å². The van der Waals surface area contributed by atoms with Crippen molar-refractivity contribution in [3.8, 4) is 5.75 Å². The molecule has 1 saturated heterocycles. The summed E-state index contributed by atoms with van der Waals surface area (Å²) in [5.41, 5.74) is -0.772. The highest BCUT2D eigenvalue weighted by Gasteiger charge is 2.35. The van der Waals surface area contributed by atoms with Gasteiger partial charge in [0.15, 0.2) is 10.6 Å². The molecule has 1 fully saturated rings. The summed E-state index contributed by atoms with van der Waals surface area (Å²) in [6, 6.07) is 9.07. The second-order valence-corrected chi connectivity index (χ2v) is 8.99. The third-order valence-corrected chi connectivity index (χ3v) is 7.00. The number of nitrogens with zero attached hydrogens (tertiary/aromatic N) is 4. The van der Waals surface area contributed by atoms with E-state index >= 15 is 0 Å². The third kappa shape index (κ3) is 3.77. The van der Waals surface area contributed by atoms with Crippen molar-refractivity contribution < 1.29 is 14.5 Å². The predicted molar refractivity (Wildman–Crippen MR) is 108 cm³/mol. The van der Waals surface area contributed by atoms with E-state index in [9.17, 15) is 19.2 Å². The largest absolute Gasteiger partial charge is 0.611 e. The molecular formula is C20H24N4O4S. The fraction of sp³-hybridized carbons (Fsp3) is 0.450. The van der Waals surface area contributed by atoms with Crippen molar-refractivity contribution in [1.29, 1.82) is 0 Å². The first kappa shape index (κ1) is 19.9. The molecule has 3 heterocycles. The lowest BCUT2D eigenvalue weighted by Gasteiger charge is -2.33. The molecule has 9 heteroatoms. The Morgan fingerprint density at radius 1 is 1.21 bits per heavy atom. The molecule has 4 rings (SSSR count). The second-order valence-electron chi connectivity index (χ2n) is 7.42. The average molecular weight is 417 g/mol. The van der Waals surface area contributed by atoms with Crippen LogP contribution >= 0.6 is 0 Å². The molecule has 8 nitrogen and oxygen atoms in total. The molecule has 1 aromatic heterocycles. The molecule has 0 saturated carbocycles. The van der Waals surface area contributed by atoms with Gasteiger partial charge in [-0.05, 0) is 49.7 Å². The van der Waals surface area contributed by atoms with Gasteiger partial charge in [-0.25, -0.2) is 0 Å². The van der Waals surface area contributed by atoms with Gasteiger partial charge in [0.25, 0.3) is 5.91 Å². The number of carbonyl (C=O) groups is 1. The lowest BCUT2D eigenvalue weighted by Crippen LogP contribution is -2.45. The van der Waals surface area contributed by atoms with Crippen molar-refractivity contribution in [2.75, 3.05) is 32.4 Å². The Morgan fingerprint density at radius 3 is 2.66 bits per heavy atom. The molecule has 29 heavy (non-hydrogen) atoms. The van der Waals surface area contributed by atoms with Crippen LogP contribution in [0.25, 0.3) is 0 Å². The van der Waals surface area contributed by atoms with Gasteiger partial charge >= 0.3 is 5.56 Å². The fourth-order valence-corrected chi connectivity index (χ4v) is 5.15. The van der Waals surface area contributed by atoms with Crippen molar-refractivity contribution in [2.45, 2.75) is 30.3 Å². The van der Waals surface area contributed by atoms with E-state index in [1.165, 1.54) is 0 Å². The number of likely N-dealkylation sites (tertiary alicyclic amines) is 1. The zero-order valence-electron chi connectivity index (χ0n) is 16.3. The molecule has 1 N–H and O–H groups in total. The molecule has 2 aliphatic heterocycles. The Labute approximate surface area is 172 Å². The maximum Gasteiger partial charge on any atom is 0.315 e. The third-order valence-electron chi connectivity index (χ3n) is 5.64. The van der Waals surface area contributed by atoms with E-state index in [1.807, 2.05) is 25.2 Å². The highest BCUT2D eigenvalue weighted by Crippen LogP contribution is 2.31. The zero-order chi connectivity index (χ0) is 20.5. The van der Waals surface area contributed by atoms with Gasteiger partial charge in [-0.1, -0.05) is 18.2 Å². The van der Waals surface area contributed by atoms with Crippen LogP contribution in [0.5, 0.6) is 5.75 Å². The van der Waals surface area contributed by atoms with Gasteiger partial charge < -0.3 is 19.1 Å². The number of benzene rings is 1. The molecule has 2 unspecified atom stereocenters. The maximum atomic E-state index is 13.1. The van der Waals surface area contributed by atoms with Gasteiger partial charge in [-0.3, -0.25) is 14.5 Å². The summed E-state index contributed by atoms with van der Waals surface area (Å²) in [6.45, 7) is 2.06.